The molecule has 0 aliphatic carbocycles. The summed E-state index contributed by atoms with van der Waals surface area (Å²) in [5.41, 5.74) is 4.97. The van der Waals surface area contributed by atoms with E-state index < -0.39 is 10.0 Å². The van der Waals surface area contributed by atoms with Crippen LogP contribution in [0.1, 0.15) is 22.5 Å². The lowest BCUT2D eigenvalue weighted by Crippen LogP contribution is -2.12. The molecule has 0 aliphatic rings. The maximum absolute atomic E-state index is 11.4. The van der Waals surface area contributed by atoms with E-state index in [2.05, 4.69) is 11.2 Å². The van der Waals surface area contributed by atoms with Gasteiger partial charge in [0.1, 0.15) is 6.07 Å². The maximum atomic E-state index is 11.4. The number of nitrogens with two attached hydrogens (primary N) is 1. The average Bonchev–Trinajstić information content (AvgIpc) is 2.88. The molecule has 1 aromatic heterocycles. The number of aryl methyl sites for hydroxylation is 1. The number of sulfonamides is 1. The van der Waals surface area contributed by atoms with Gasteiger partial charge < -0.3 is 0 Å². The standard InChI is InChI=1S/C19H17ClN4O2S/c1-12-19(15-5-6-16(10-21)18(20)9-15)13(2)24(23-12)11-14-3-7-17(8-4-14)27(22,25)26/h3-9H,11H2,1-2H3,(H2,22,25,26). The third kappa shape index (κ3) is 3.88. The highest BCUT2D eigenvalue weighted by molar-refractivity contribution is 7.89. The molecule has 0 aliphatic heterocycles. The van der Waals surface area contributed by atoms with Crippen molar-refractivity contribution in [3.63, 3.8) is 0 Å². The zero-order chi connectivity index (χ0) is 19.8. The van der Waals surface area contributed by atoms with E-state index in [4.69, 9.17) is 22.0 Å². The molecule has 0 spiro atoms. The molecule has 0 radical (unpaired) electrons. The molecule has 3 aromatic rings. The Kier molecular flexibility index (Phi) is 5.07. The molecule has 0 atom stereocenters. The number of rotatable bonds is 4. The second kappa shape index (κ2) is 7.16. The van der Waals surface area contributed by atoms with Crippen LogP contribution in [0, 0.1) is 25.2 Å². The third-order valence-electron chi connectivity index (χ3n) is 4.34. The van der Waals surface area contributed by atoms with Crippen molar-refractivity contribution in [2.45, 2.75) is 25.3 Å². The van der Waals surface area contributed by atoms with Crippen molar-refractivity contribution in [2.24, 2.45) is 5.14 Å². The van der Waals surface area contributed by atoms with Crippen molar-refractivity contribution < 1.29 is 8.42 Å². The van der Waals surface area contributed by atoms with Gasteiger partial charge in [0.15, 0.2) is 0 Å². The van der Waals surface area contributed by atoms with Gasteiger partial charge in [0.25, 0.3) is 0 Å². The molecule has 0 fully saturated rings. The number of nitrogens with zero attached hydrogens (tertiary/aromatic N) is 3. The van der Waals surface area contributed by atoms with Crippen LogP contribution < -0.4 is 5.14 Å². The molecular formula is C19H17ClN4O2S. The van der Waals surface area contributed by atoms with Crippen LogP contribution in [0.25, 0.3) is 11.1 Å². The molecule has 138 valence electrons. The molecule has 27 heavy (non-hydrogen) atoms. The molecule has 2 aromatic carbocycles. The van der Waals surface area contributed by atoms with Gasteiger partial charge in [-0.05, 0) is 49.2 Å². The summed E-state index contributed by atoms with van der Waals surface area (Å²) in [7, 11) is -3.71. The summed E-state index contributed by atoms with van der Waals surface area (Å²) in [4.78, 5) is 0.0764. The summed E-state index contributed by atoms with van der Waals surface area (Å²) in [5.74, 6) is 0. The van der Waals surface area contributed by atoms with E-state index >= 15 is 0 Å². The van der Waals surface area contributed by atoms with E-state index in [0.29, 0.717) is 17.1 Å². The second-order valence-electron chi connectivity index (χ2n) is 6.20. The molecule has 6 nitrogen and oxygen atoms in total. The van der Waals surface area contributed by atoms with Gasteiger partial charge in [0.2, 0.25) is 10.0 Å². The Balaban J connectivity index is 1.94. The van der Waals surface area contributed by atoms with E-state index in [-0.39, 0.29) is 4.90 Å². The number of primary sulfonamides is 1. The number of aromatic nitrogens is 2. The highest BCUT2D eigenvalue weighted by Gasteiger charge is 2.15. The third-order valence-corrected chi connectivity index (χ3v) is 5.59. The Morgan fingerprint density at radius 2 is 1.85 bits per heavy atom. The molecule has 2 N–H and O–H groups in total. The highest BCUT2D eigenvalue weighted by atomic mass is 35.5. The van der Waals surface area contributed by atoms with Gasteiger partial charge in [-0.3, -0.25) is 4.68 Å². The Labute approximate surface area is 162 Å². The Morgan fingerprint density at radius 1 is 1.19 bits per heavy atom. The summed E-state index contributed by atoms with van der Waals surface area (Å²) in [6, 6.07) is 13.8. The number of halogens is 1. The zero-order valence-electron chi connectivity index (χ0n) is 14.8. The molecular weight excluding hydrogens is 384 g/mol. The fourth-order valence-electron chi connectivity index (χ4n) is 2.99. The number of benzene rings is 2. The SMILES string of the molecule is Cc1nn(Cc2ccc(S(N)(=O)=O)cc2)c(C)c1-c1ccc(C#N)c(Cl)c1. The molecule has 0 saturated heterocycles. The zero-order valence-corrected chi connectivity index (χ0v) is 16.3. The predicted molar refractivity (Wildman–Crippen MR) is 104 cm³/mol. The van der Waals surface area contributed by atoms with Crippen LogP contribution in [0.3, 0.4) is 0 Å². The lowest BCUT2D eigenvalue weighted by Gasteiger charge is -2.07. The lowest BCUT2D eigenvalue weighted by atomic mass is 10.0. The highest BCUT2D eigenvalue weighted by Crippen LogP contribution is 2.30. The summed E-state index contributed by atoms with van der Waals surface area (Å²) in [6.45, 7) is 4.36. The molecule has 1 heterocycles. The van der Waals surface area contributed by atoms with E-state index in [0.717, 1.165) is 28.1 Å². The van der Waals surface area contributed by atoms with Crippen molar-refractivity contribution in [2.75, 3.05) is 0 Å². The topological polar surface area (TPSA) is 102 Å². The first-order valence-corrected chi connectivity index (χ1v) is 9.99. The number of nitriles is 1. The van der Waals surface area contributed by atoms with Gasteiger partial charge in [0, 0.05) is 11.3 Å². The van der Waals surface area contributed by atoms with Crippen LogP contribution in [0.2, 0.25) is 5.02 Å². The van der Waals surface area contributed by atoms with Gasteiger partial charge in [-0.2, -0.15) is 10.4 Å². The quantitative estimate of drug-likeness (QED) is 0.725. The predicted octanol–water partition coefficient (Wildman–Crippen LogP) is 3.39. The number of hydrogen-bond donors (Lipinski definition) is 1. The summed E-state index contributed by atoms with van der Waals surface area (Å²) < 4.78 is 24.6. The second-order valence-corrected chi connectivity index (χ2v) is 8.17. The van der Waals surface area contributed by atoms with E-state index in [1.165, 1.54) is 12.1 Å². The Hall–Kier alpha value is -2.66. The minimum Gasteiger partial charge on any atom is -0.265 e. The normalized spacial score (nSPS) is 11.4. The molecule has 3 rings (SSSR count). The maximum Gasteiger partial charge on any atom is 0.238 e. The average molecular weight is 401 g/mol. The van der Waals surface area contributed by atoms with Crippen molar-refractivity contribution >= 4 is 21.6 Å². The van der Waals surface area contributed by atoms with Gasteiger partial charge in [-0.25, -0.2) is 13.6 Å². The van der Waals surface area contributed by atoms with Gasteiger partial charge in [-0.1, -0.05) is 29.8 Å². The molecule has 0 amide bonds. The fourth-order valence-corrected chi connectivity index (χ4v) is 3.73. The molecule has 0 saturated carbocycles. The monoisotopic (exact) mass is 400 g/mol. The minimum absolute atomic E-state index is 0.0764. The van der Waals surface area contributed by atoms with Gasteiger partial charge in [0.05, 0.1) is 27.7 Å². The van der Waals surface area contributed by atoms with Crippen molar-refractivity contribution in [1.82, 2.24) is 9.78 Å². The molecule has 8 heteroatoms. The minimum atomic E-state index is -3.71. The Bertz CT molecular complexity index is 1160. The van der Waals surface area contributed by atoms with Crippen LogP contribution >= 0.6 is 11.6 Å². The van der Waals surface area contributed by atoms with Crippen LogP contribution in [0.5, 0.6) is 0 Å². The first-order chi connectivity index (χ1) is 12.7. The fraction of sp³-hybridized carbons (Fsp3) is 0.158. The smallest absolute Gasteiger partial charge is 0.238 e. The van der Waals surface area contributed by atoms with Crippen LogP contribution in [-0.2, 0) is 16.6 Å². The largest absolute Gasteiger partial charge is 0.265 e. The van der Waals surface area contributed by atoms with Crippen LogP contribution in [-0.4, -0.2) is 18.2 Å². The van der Waals surface area contributed by atoms with Crippen LogP contribution in [0.4, 0.5) is 0 Å². The van der Waals surface area contributed by atoms with E-state index in [9.17, 15) is 8.42 Å². The summed E-state index contributed by atoms with van der Waals surface area (Å²) in [5, 5.41) is 19.2. The first-order valence-electron chi connectivity index (χ1n) is 8.06. The van der Waals surface area contributed by atoms with E-state index in [1.54, 1.807) is 24.3 Å². The van der Waals surface area contributed by atoms with E-state index in [1.807, 2.05) is 24.6 Å². The van der Waals surface area contributed by atoms with Crippen molar-refractivity contribution in [3.8, 4) is 17.2 Å². The summed E-state index contributed by atoms with van der Waals surface area (Å²) in [6.07, 6.45) is 0. The van der Waals surface area contributed by atoms with Crippen LogP contribution in [0.15, 0.2) is 47.4 Å². The van der Waals surface area contributed by atoms with Gasteiger partial charge in [-0.15, -0.1) is 0 Å². The first kappa shape index (κ1) is 19.1. The Morgan fingerprint density at radius 3 is 2.41 bits per heavy atom. The van der Waals surface area contributed by atoms with Gasteiger partial charge >= 0.3 is 0 Å². The van der Waals surface area contributed by atoms with Crippen molar-refractivity contribution in [3.05, 3.63) is 70.0 Å². The lowest BCUT2D eigenvalue weighted by molar-refractivity contribution is 0.597. The molecule has 0 unspecified atom stereocenters. The summed E-state index contributed by atoms with van der Waals surface area (Å²) >= 11 is 6.16. The van der Waals surface area contributed by atoms with Crippen molar-refractivity contribution in [1.29, 1.82) is 5.26 Å². The number of hydrogen-bond acceptors (Lipinski definition) is 4. The molecule has 0 bridgehead atoms.